The lowest BCUT2D eigenvalue weighted by Crippen LogP contribution is -2.05. The van der Waals surface area contributed by atoms with Gasteiger partial charge in [-0.3, -0.25) is 0 Å². The van der Waals surface area contributed by atoms with Gasteiger partial charge in [0.2, 0.25) is 0 Å². The summed E-state index contributed by atoms with van der Waals surface area (Å²) in [6.45, 7) is 7.93. The molecule has 0 aliphatic rings. The summed E-state index contributed by atoms with van der Waals surface area (Å²) in [7, 11) is 0. The molecule has 20 heavy (non-hydrogen) atoms. The number of esters is 2. The van der Waals surface area contributed by atoms with Gasteiger partial charge >= 0.3 is 11.9 Å². The average molecular weight is 282 g/mol. The number of rotatable bonds is 9. The lowest BCUT2D eigenvalue weighted by Gasteiger charge is -2.02. The molecule has 0 aromatic rings. The van der Waals surface area contributed by atoms with Crippen molar-refractivity contribution in [2.75, 3.05) is 13.2 Å². The summed E-state index contributed by atoms with van der Waals surface area (Å²) >= 11 is 0. The molecule has 0 saturated heterocycles. The van der Waals surface area contributed by atoms with Gasteiger partial charge in [0, 0.05) is 11.1 Å². The van der Waals surface area contributed by atoms with Crippen LogP contribution in [-0.4, -0.2) is 25.2 Å². The first-order valence-electron chi connectivity index (χ1n) is 7.20. The Hall–Kier alpha value is -1.58. The molecule has 0 unspecified atom stereocenters. The maximum atomic E-state index is 11.3. The van der Waals surface area contributed by atoms with E-state index in [1.807, 2.05) is 12.2 Å². The van der Waals surface area contributed by atoms with Crippen molar-refractivity contribution >= 4 is 11.9 Å². The maximum absolute atomic E-state index is 11.3. The highest BCUT2D eigenvalue weighted by Gasteiger charge is 2.04. The van der Waals surface area contributed by atoms with E-state index in [2.05, 4.69) is 0 Å². The summed E-state index contributed by atoms with van der Waals surface area (Å²) < 4.78 is 9.79. The zero-order valence-electron chi connectivity index (χ0n) is 13.0. The Morgan fingerprint density at radius 1 is 0.800 bits per heavy atom. The van der Waals surface area contributed by atoms with Crippen LogP contribution < -0.4 is 0 Å². The monoisotopic (exact) mass is 282 g/mol. The van der Waals surface area contributed by atoms with Crippen molar-refractivity contribution in [2.24, 2.45) is 0 Å². The molecule has 0 rings (SSSR count). The first kappa shape index (κ1) is 18.4. The fraction of sp³-hybridized carbons (Fsp3) is 0.625. The first-order valence-corrected chi connectivity index (χ1v) is 7.20. The molecule has 4 heteroatoms. The average Bonchev–Trinajstić information content (AvgIpc) is 2.42. The second-order valence-electron chi connectivity index (χ2n) is 4.50. The van der Waals surface area contributed by atoms with E-state index in [1.165, 1.54) is 0 Å². The number of carbonyl (C=O) groups excluding carboxylic acids is 2. The second kappa shape index (κ2) is 11.3. The lowest BCUT2D eigenvalue weighted by molar-refractivity contribution is -0.139. The zero-order valence-corrected chi connectivity index (χ0v) is 13.0. The standard InChI is InChI=1S/C16H26O4/c1-5-19-15(17)13(3)11-9-7-8-10-12-14(4)16(18)20-6-2/h11-12H,5-10H2,1-4H3/b13-11+,14-12+. The Balaban J connectivity index is 3.87. The first-order chi connectivity index (χ1) is 9.52. The number of hydrogen-bond donors (Lipinski definition) is 0. The molecule has 0 aliphatic heterocycles. The zero-order chi connectivity index (χ0) is 15.4. The SMILES string of the molecule is CCOC(=O)/C(C)=C/CCCC/C=C(\C)C(=O)OCC. The highest BCUT2D eigenvalue weighted by molar-refractivity contribution is 5.88. The smallest absolute Gasteiger partial charge is 0.333 e. The molecular formula is C16H26O4. The largest absolute Gasteiger partial charge is 0.463 e. The Morgan fingerprint density at radius 2 is 1.15 bits per heavy atom. The Kier molecular flexibility index (Phi) is 10.4. The quantitative estimate of drug-likeness (QED) is 0.368. The van der Waals surface area contributed by atoms with Crippen LogP contribution in [-0.2, 0) is 19.1 Å². The minimum Gasteiger partial charge on any atom is -0.463 e. The van der Waals surface area contributed by atoms with Crippen LogP contribution in [0.4, 0.5) is 0 Å². The molecule has 0 bridgehead atoms. The van der Waals surface area contributed by atoms with E-state index in [1.54, 1.807) is 27.7 Å². The van der Waals surface area contributed by atoms with Gasteiger partial charge in [-0.05, 0) is 53.4 Å². The van der Waals surface area contributed by atoms with Gasteiger partial charge in [-0.15, -0.1) is 0 Å². The molecule has 0 aliphatic carbocycles. The molecule has 0 radical (unpaired) electrons. The van der Waals surface area contributed by atoms with E-state index in [0.29, 0.717) is 24.4 Å². The lowest BCUT2D eigenvalue weighted by atomic mass is 10.1. The van der Waals surface area contributed by atoms with E-state index < -0.39 is 0 Å². The van der Waals surface area contributed by atoms with Crippen molar-refractivity contribution in [2.45, 2.75) is 53.4 Å². The summed E-state index contributed by atoms with van der Waals surface area (Å²) in [4.78, 5) is 22.7. The third kappa shape index (κ3) is 8.51. The van der Waals surface area contributed by atoms with Crippen LogP contribution >= 0.6 is 0 Å². The number of allylic oxidation sites excluding steroid dienone is 2. The van der Waals surface area contributed by atoms with E-state index in [0.717, 1.165) is 25.7 Å². The highest BCUT2D eigenvalue weighted by atomic mass is 16.5. The Morgan fingerprint density at radius 3 is 1.45 bits per heavy atom. The molecule has 0 heterocycles. The van der Waals surface area contributed by atoms with Crippen LogP contribution in [0.2, 0.25) is 0 Å². The fourth-order valence-corrected chi connectivity index (χ4v) is 1.58. The van der Waals surface area contributed by atoms with Crippen molar-refractivity contribution < 1.29 is 19.1 Å². The number of unbranched alkanes of at least 4 members (excludes halogenated alkanes) is 3. The van der Waals surface area contributed by atoms with Gasteiger partial charge in [-0.2, -0.15) is 0 Å². The number of hydrogen-bond acceptors (Lipinski definition) is 4. The minimum absolute atomic E-state index is 0.245. The van der Waals surface area contributed by atoms with Crippen molar-refractivity contribution in [3.63, 3.8) is 0 Å². The summed E-state index contributed by atoms with van der Waals surface area (Å²) in [5.74, 6) is -0.490. The van der Waals surface area contributed by atoms with Crippen molar-refractivity contribution in [1.29, 1.82) is 0 Å². The summed E-state index contributed by atoms with van der Waals surface area (Å²) in [6.07, 6.45) is 7.44. The molecule has 0 atom stereocenters. The molecule has 0 fully saturated rings. The van der Waals surface area contributed by atoms with Crippen molar-refractivity contribution in [3.05, 3.63) is 23.3 Å². The number of ether oxygens (including phenoxy) is 2. The predicted octanol–water partition coefficient (Wildman–Crippen LogP) is 3.57. The molecule has 114 valence electrons. The van der Waals surface area contributed by atoms with E-state index in [4.69, 9.17) is 9.47 Å². The molecule has 0 aromatic carbocycles. The van der Waals surface area contributed by atoms with Crippen LogP contribution in [0.1, 0.15) is 53.4 Å². The van der Waals surface area contributed by atoms with E-state index in [9.17, 15) is 9.59 Å². The van der Waals surface area contributed by atoms with Crippen LogP contribution in [0.15, 0.2) is 23.3 Å². The van der Waals surface area contributed by atoms with Gasteiger partial charge in [0.25, 0.3) is 0 Å². The molecular weight excluding hydrogens is 256 g/mol. The van der Waals surface area contributed by atoms with Gasteiger partial charge in [0.05, 0.1) is 13.2 Å². The van der Waals surface area contributed by atoms with E-state index in [-0.39, 0.29) is 11.9 Å². The van der Waals surface area contributed by atoms with Gasteiger partial charge in [0.15, 0.2) is 0 Å². The van der Waals surface area contributed by atoms with Crippen LogP contribution in [0, 0.1) is 0 Å². The van der Waals surface area contributed by atoms with Crippen molar-refractivity contribution in [3.8, 4) is 0 Å². The molecule has 0 aromatic heterocycles. The molecule has 0 amide bonds. The molecule has 4 nitrogen and oxygen atoms in total. The predicted molar refractivity (Wildman–Crippen MR) is 79.2 cm³/mol. The maximum Gasteiger partial charge on any atom is 0.333 e. The fourth-order valence-electron chi connectivity index (χ4n) is 1.58. The minimum atomic E-state index is -0.245. The third-order valence-electron chi connectivity index (χ3n) is 2.75. The van der Waals surface area contributed by atoms with Gasteiger partial charge in [-0.25, -0.2) is 9.59 Å². The Bertz CT molecular complexity index is 331. The van der Waals surface area contributed by atoms with Crippen molar-refractivity contribution in [1.82, 2.24) is 0 Å². The molecule has 0 saturated carbocycles. The topological polar surface area (TPSA) is 52.6 Å². The normalized spacial score (nSPS) is 12.2. The summed E-state index contributed by atoms with van der Waals surface area (Å²) in [5, 5.41) is 0. The summed E-state index contributed by atoms with van der Waals surface area (Å²) in [6, 6.07) is 0. The van der Waals surface area contributed by atoms with Gasteiger partial charge < -0.3 is 9.47 Å². The van der Waals surface area contributed by atoms with Crippen LogP contribution in [0.25, 0.3) is 0 Å². The van der Waals surface area contributed by atoms with Crippen LogP contribution in [0.3, 0.4) is 0 Å². The third-order valence-corrected chi connectivity index (χ3v) is 2.75. The second-order valence-corrected chi connectivity index (χ2v) is 4.50. The Labute approximate surface area is 121 Å². The van der Waals surface area contributed by atoms with E-state index >= 15 is 0 Å². The highest BCUT2D eigenvalue weighted by Crippen LogP contribution is 2.08. The molecule has 0 N–H and O–H groups in total. The molecule has 0 spiro atoms. The summed E-state index contributed by atoms with van der Waals surface area (Å²) in [5.41, 5.74) is 1.31. The van der Waals surface area contributed by atoms with Gasteiger partial charge in [0.1, 0.15) is 0 Å². The van der Waals surface area contributed by atoms with Crippen LogP contribution in [0.5, 0.6) is 0 Å². The number of carbonyl (C=O) groups is 2. The van der Waals surface area contributed by atoms with Gasteiger partial charge in [-0.1, -0.05) is 12.2 Å².